The second-order valence-electron chi connectivity index (χ2n) is 39.2. The number of ether oxygens (including phenoxy) is 2. The molecule has 0 unspecified atom stereocenters. The SMILES string of the molecule is O=C(Nc1ccc(N2CCCCC2)nc1)c1n[nH]c2ccc(-c3cncc(CN4CCC(O)CC4)c3)cc12.O=C(Nc1ccc(N2CCCCC2)nc1)c1n[nH]c2ccc(-c3cncc(CN4CCC4)c3)cc12.O=C(Nc1ccc(N2CCCCC2)nc1)c1n[nH]c2ccc(-c3cncc(CN4CCOCC4)c3)cc12.O=C(Nc1ccc(N2CCOCC2)nc1)c1n[nH]c2ccc(-c3cncc(CN4CCC(F)(F)C4)c3)cc12. The lowest BCUT2D eigenvalue weighted by molar-refractivity contribution is 0.0114. The summed E-state index contributed by atoms with van der Waals surface area (Å²) in [6, 6.07) is 47.4. The molecule has 0 atom stereocenters. The Hall–Kier alpha value is -15.4. The number of nitrogens with zero attached hydrogens (tertiary/aromatic N) is 20. The van der Waals surface area contributed by atoms with Gasteiger partial charge in [-0.05, 0) is 256 Å². The molecule has 24 rings (SSSR count). The van der Waals surface area contributed by atoms with E-state index < -0.39 is 5.92 Å². The molecule has 35 nitrogen and oxygen atoms in total. The standard InChI is InChI=1S/C29H33N7O2.C28H31N7O2.C27H27F2N7O2.C27H29N7O/c37-24-8-12-35(13-9-24)19-20-14-22(17-30-16-20)21-4-6-26-25(15-21)28(34-33-26)29(38)32-23-5-7-27(31-18-23)36-10-2-1-3-11-36;36-28(31-23-5-7-26(30-18-23)35-8-2-1-3-9-35)27-24-15-21(4-6-25(24)32-33-27)22-14-20(16-29-17-22)19-34-10-12-37-13-11-34;28-27(29)5-6-35(17-27)16-18-11-20(14-30-13-18)19-1-3-23-22(12-19)25(34-33-23)26(37)32-21-2-4-24(31-15-21)36-7-9-38-10-8-36;35-27(30-22-6-8-25(29-17-22)34-11-2-1-3-12-34)26-23-14-20(5-7-24(23)31-32-26)21-13-19(15-28-16-21)18-33-9-4-10-33/h4-7,14-18,24,37H,1-3,8-13,19H2,(H,32,38)(H,33,34);4-7,14-18H,1-3,8-13,19H2,(H,31,36)(H,32,33);1-4,11-15H,5-10,16-17H2,(H,32,37)(H,33,34);5-8,13-17H,1-4,9-12,18H2,(H,30,35)(H,31,32). The van der Waals surface area contributed by atoms with Gasteiger partial charge in [0.1, 0.15) is 23.3 Å². The summed E-state index contributed by atoms with van der Waals surface area (Å²) >= 11 is 0. The summed E-state index contributed by atoms with van der Waals surface area (Å²) in [6.07, 6.45) is 35.2. The van der Waals surface area contributed by atoms with E-state index in [1.807, 2.05) is 165 Å². The van der Waals surface area contributed by atoms with Crippen molar-refractivity contribution in [2.24, 2.45) is 0 Å². The number of morpholine rings is 2. The summed E-state index contributed by atoms with van der Waals surface area (Å²) in [7, 11) is 0. The van der Waals surface area contributed by atoms with Crippen molar-refractivity contribution in [3.05, 3.63) is 265 Å². The van der Waals surface area contributed by atoms with Gasteiger partial charge in [0.15, 0.2) is 22.8 Å². The molecule has 8 aliphatic heterocycles. The Morgan fingerprint density at radius 1 is 0.311 bits per heavy atom. The maximum atomic E-state index is 13.6. The number of amides is 4. The van der Waals surface area contributed by atoms with Gasteiger partial charge < -0.3 is 55.4 Å². The molecule has 16 aromatic rings. The normalized spacial score (nSPS) is 17.0. The summed E-state index contributed by atoms with van der Waals surface area (Å²) in [5.41, 5.74) is 19.1. The highest BCUT2D eigenvalue weighted by Crippen LogP contribution is 2.36. The number of hydrogen-bond donors (Lipinski definition) is 9. The summed E-state index contributed by atoms with van der Waals surface area (Å²) in [4.78, 5) is 106. The van der Waals surface area contributed by atoms with Gasteiger partial charge in [0.2, 0.25) is 0 Å². The first-order chi connectivity index (χ1) is 72.5. The summed E-state index contributed by atoms with van der Waals surface area (Å²) in [6.45, 7) is 19.7. The first-order valence-corrected chi connectivity index (χ1v) is 51.4. The third-order valence-corrected chi connectivity index (χ3v) is 28.5. The van der Waals surface area contributed by atoms with Gasteiger partial charge in [0, 0.05) is 211 Å². The predicted octanol–water partition coefficient (Wildman–Crippen LogP) is 16.7. The number of pyridine rings is 8. The Morgan fingerprint density at radius 2 is 0.601 bits per heavy atom. The number of piperidine rings is 4. The van der Waals surface area contributed by atoms with Gasteiger partial charge in [-0.15, -0.1) is 0 Å². The maximum absolute atomic E-state index is 13.6. The van der Waals surface area contributed by atoms with Crippen LogP contribution in [0.5, 0.6) is 0 Å². The Bertz CT molecular complexity index is 7290. The molecule has 760 valence electrons. The zero-order valence-electron chi connectivity index (χ0n) is 82.6. The van der Waals surface area contributed by atoms with Gasteiger partial charge in [0.05, 0.1) is 109 Å². The van der Waals surface area contributed by atoms with Gasteiger partial charge in [-0.3, -0.25) is 79.1 Å². The first-order valence-electron chi connectivity index (χ1n) is 51.4. The Labute approximate surface area is 854 Å². The number of rotatable bonds is 24. The number of H-pyrrole nitrogens is 4. The van der Waals surface area contributed by atoms with Gasteiger partial charge in [-0.25, -0.2) is 28.7 Å². The number of aliphatic hydroxyl groups excluding tert-OH is 1. The zero-order chi connectivity index (χ0) is 101. The number of aliphatic hydroxyl groups is 1. The Kier molecular flexibility index (Phi) is 30.7. The number of nitrogens with one attached hydrogen (secondary N) is 8. The van der Waals surface area contributed by atoms with E-state index in [1.54, 1.807) is 42.1 Å². The second kappa shape index (κ2) is 46.1. The lowest BCUT2D eigenvalue weighted by Crippen LogP contribution is -2.36. The highest BCUT2D eigenvalue weighted by Gasteiger charge is 2.38. The van der Waals surface area contributed by atoms with Crippen molar-refractivity contribution in [2.45, 2.75) is 122 Å². The number of benzene rings is 4. The Morgan fingerprint density at radius 3 is 0.885 bits per heavy atom. The number of anilines is 8. The molecule has 20 heterocycles. The Balaban J connectivity index is 0.000000116. The van der Waals surface area contributed by atoms with Crippen LogP contribution in [0, 0.1) is 0 Å². The van der Waals surface area contributed by atoms with Crippen molar-refractivity contribution < 1.29 is 42.5 Å². The largest absolute Gasteiger partial charge is 0.393 e. The number of fused-ring (bicyclic) bond motifs is 4. The summed E-state index contributed by atoms with van der Waals surface area (Å²) < 4.78 is 38.0. The van der Waals surface area contributed by atoms with Crippen LogP contribution in [0.2, 0.25) is 0 Å². The van der Waals surface area contributed by atoms with Crippen LogP contribution in [0.15, 0.2) is 220 Å². The number of aromatic nitrogens is 16. The van der Waals surface area contributed by atoms with E-state index in [-0.39, 0.29) is 48.4 Å². The zero-order valence-corrected chi connectivity index (χ0v) is 82.6. The number of likely N-dealkylation sites (tertiary alicyclic amines) is 3. The third-order valence-electron chi connectivity index (χ3n) is 28.5. The van der Waals surface area contributed by atoms with Crippen molar-refractivity contribution in [2.75, 3.05) is 172 Å². The molecule has 8 saturated heterocycles. The van der Waals surface area contributed by atoms with Crippen LogP contribution in [0.4, 0.5) is 54.8 Å². The highest BCUT2D eigenvalue weighted by atomic mass is 19.3. The van der Waals surface area contributed by atoms with Crippen molar-refractivity contribution >= 4 is 113 Å². The number of carbonyl (C=O) groups is 4. The molecule has 0 aliphatic carbocycles. The average molecular weight is 2000 g/mol. The molecule has 0 saturated carbocycles. The molecule has 37 heteroatoms. The minimum atomic E-state index is -2.63. The molecule has 12 aromatic heterocycles. The lowest BCUT2D eigenvalue weighted by atomic mass is 10.0. The monoisotopic (exact) mass is 1990 g/mol. The van der Waals surface area contributed by atoms with E-state index in [1.165, 1.54) is 69.8 Å². The summed E-state index contributed by atoms with van der Waals surface area (Å²) in [5.74, 6) is -0.0759. The molecule has 9 N–H and O–H groups in total. The molecule has 4 amide bonds. The first kappa shape index (κ1) is 98.6. The van der Waals surface area contributed by atoms with Crippen molar-refractivity contribution in [1.82, 2.24) is 100 Å². The molecule has 0 radical (unpaired) electrons. The smallest absolute Gasteiger partial charge is 0.276 e. The van der Waals surface area contributed by atoms with Crippen LogP contribution in [-0.2, 0) is 35.7 Å². The highest BCUT2D eigenvalue weighted by molar-refractivity contribution is 6.15. The van der Waals surface area contributed by atoms with Gasteiger partial charge in [-0.1, -0.05) is 24.3 Å². The molecular weight excluding hydrogens is 1880 g/mol. The fourth-order valence-electron chi connectivity index (χ4n) is 20.3. The average Bonchev–Trinajstić information content (AvgIpc) is 1.64. The van der Waals surface area contributed by atoms with Crippen LogP contribution < -0.4 is 40.9 Å². The van der Waals surface area contributed by atoms with Crippen LogP contribution in [0.3, 0.4) is 0 Å². The van der Waals surface area contributed by atoms with Gasteiger partial charge in [0.25, 0.3) is 29.6 Å². The molecule has 8 aliphatic rings. The van der Waals surface area contributed by atoms with Crippen LogP contribution >= 0.6 is 0 Å². The fourth-order valence-corrected chi connectivity index (χ4v) is 20.3. The molecule has 8 fully saturated rings. The van der Waals surface area contributed by atoms with Crippen molar-refractivity contribution in [1.29, 1.82) is 0 Å². The van der Waals surface area contributed by atoms with E-state index >= 15 is 0 Å². The van der Waals surface area contributed by atoms with E-state index in [9.17, 15) is 33.1 Å². The number of hydrogen-bond acceptors (Lipinski definition) is 27. The summed E-state index contributed by atoms with van der Waals surface area (Å²) in [5, 5.41) is 53.5. The van der Waals surface area contributed by atoms with Crippen LogP contribution in [0.25, 0.3) is 88.1 Å². The molecule has 0 spiro atoms. The van der Waals surface area contributed by atoms with E-state index in [0.29, 0.717) is 71.5 Å². The number of halogens is 2. The molecule has 4 aromatic carbocycles. The number of carbonyl (C=O) groups excluding carboxylic acids is 4. The molecule has 148 heavy (non-hydrogen) atoms. The minimum absolute atomic E-state index is 0.115. The second-order valence-corrected chi connectivity index (χ2v) is 39.2. The van der Waals surface area contributed by atoms with E-state index in [4.69, 9.17) is 9.47 Å². The van der Waals surface area contributed by atoms with Gasteiger partial charge >= 0.3 is 0 Å². The van der Waals surface area contributed by atoms with Crippen molar-refractivity contribution in [3.63, 3.8) is 0 Å². The van der Waals surface area contributed by atoms with Crippen LogP contribution in [-0.4, -0.2) is 272 Å². The van der Waals surface area contributed by atoms with Gasteiger partial charge in [-0.2, -0.15) is 20.4 Å². The quantitative estimate of drug-likeness (QED) is 0.0271. The topological polar surface area (TPSA) is 399 Å². The lowest BCUT2D eigenvalue weighted by Gasteiger charge is -2.30. The van der Waals surface area contributed by atoms with Crippen LogP contribution in [0.1, 0.15) is 148 Å². The molecule has 0 bridgehead atoms. The van der Waals surface area contributed by atoms with E-state index in [0.717, 1.165) is 260 Å². The van der Waals surface area contributed by atoms with E-state index in [2.05, 4.69) is 154 Å². The number of alkyl halides is 2. The maximum Gasteiger partial charge on any atom is 0.276 e. The van der Waals surface area contributed by atoms with Crippen molar-refractivity contribution in [3.8, 4) is 44.5 Å². The molecular formula is C111H120F2N28O7. The number of aromatic amines is 4. The third kappa shape index (κ3) is 24.4. The predicted molar refractivity (Wildman–Crippen MR) is 569 cm³/mol. The fraction of sp³-hybridized carbons (Fsp3) is 0.351. The minimum Gasteiger partial charge on any atom is -0.393 e.